The molecule has 0 radical (unpaired) electrons. The number of nitrogens with one attached hydrogen (secondary N) is 1. The molecular formula is C17H16F2N2O. The number of fused-ring (bicyclic) bond motifs is 1. The molecule has 3 rings (SSSR count). The lowest BCUT2D eigenvalue weighted by Crippen LogP contribution is -2.37. The molecule has 0 unspecified atom stereocenters. The molecule has 0 aromatic heterocycles. The Balaban J connectivity index is 1.62. The number of anilines is 1. The molecule has 22 heavy (non-hydrogen) atoms. The largest absolute Gasteiger partial charge is 0.322 e. The van der Waals surface area contributed by atoms with Gasteiger partial charge in [0.1, 0.15) is 11.6 Å². The van der Waals surface area contributed by atoms with Crippen LogP contribution in [0, 0.1) is 11.6 Å². The smallest absolute Gasteiger partial charge is 0.238 e. The Hall–Kier alpha value is -2.27. The van der Waals surface area contributed by atoms with E-state index < -0.39 is 11.6 Å². The van der Waals surface area contributed by atoms with Gasteiger partial charge in [0.05, 0.1) is 12.2 Å². The molecule has 0 spiro atoms. The van der Waals surface area contributed by atoms with E-state index in [0.29, 0.717) is 6.54 Å². The van der Waals surface area contributed by atoms with Gasteiger partial charge in [-0.3, -0.25) is 9.69 Å². The Morgan fingerprint density at radius 2 is 1.91 bits per heavy atom. The minimum Gasteiger partial charge on any atom is -0.322 e. The standard InChI is InChI=1S/C17H16F2N2O/c18-14-5-6-15(19)16(9-14)20-17(22)11-21-8-7-12-3-1-2-4-13(12)10-21/h1-6,9H,7-8,10-11H2,(H,20,22). The van der Waals surface area contributed by atoms with E-state index in [9.17, 15) is 13.6 Å². The summed E-state index contributed by atoms with van der Waals surface area (Å²) in [5.41, 5.74) is 2.39. The fourth-order valence-electron chi connectivity index (χ4n) is 2.68. The molecule has 0 aliphatic carbocycles. The summed E-state index contributed by atoms with van der Waals surface area (Å²) < 4.78 is 26.6. The minimum absolute atomic E-state index is 0.123. The van der Waals surface area contributed by atoms with Gasteiger partial charge >= 0.3 is 0 Å². The molecule has 5 heteroatoms. The van der Waals surface area contributed by atoms with E-state index in [-0.39, 0.29) is 18.1 Å². The molecule has 114 valence electrons. The van der Waals surface area contributed by atoms with Crippen molar-refractivity contribution >= 4 is 11.6 Å². The third-order valence-electron chi connectivity index (χ3n) is 3.78. The SMILES string of the molecule is O=C(CN1CCc2ccccc2C1)Nc1cc(F)ccc1F. The van der Waals surface area contributed by atoms with Crippen molar-refractivity contribution in [1.29, 1.82) is 0 Å². The lowest BCUT2D eigenvalue weighted by molar-refractivity contribution is -0.117. The highest BCUT2D eigenvalue weighted by molar-refractivity contribution is 5.92. The molecule has 1 heterocycles. The summed E-state index contributed by atoms with van der Waals surface area (Å²) in [5, 5.41) is 2.43. The fraction of sp³-hybridized carbons (Fsp3) is 0.235. The van der Waals surface area contributed by atoms with E-state index >= 15 is 0 Å². The summed E-state index contributed by atoms with van der Waals surface area (Å²) in [6.45, 7) is 1.62. The van der Waals surface area contributed by atoms with Crippen molar-refractivity contribution in [3.63, 3.8) is 0 Å². The van der Waals surface area contributed by atoms with Crippen molar-refractivity contribution in [2.45, 2.75) is 13.0 Å². The summed E-state index contributed by atoms with van der Waals surface area (Å²) in [6.07, 6.45) is 0.887. The molecule has 2 aromatic rings. The highest BCUT2D eigenvalue weighted by Gasteiger charge is 2.18. The first-order valence-electron chi connectivity index (χ1n) is 7.16. The van der Waals surface area contributed by atoms with Gasteiger partial charge in [-0.2, -0.15) is 0 Å². The van der Waals surface area contributed by atoms with Crippen LogP contribution >= 0.6 is 0 Å². The maximum Gasteiger partial charge on any atom is 0.238 e. The van der Waals surface area contributed by atoms with Crippen molar-refractivity contribution in [2.24, 2.45) is 0 Å². The van der Waals surface area contributed by atoms with Crippen molar-refractivity contribution in [2.75, 3.05) is 18.4 Å². The quantitative estimate of drug-likeness (QED) is 0.945. The first-order chi connectivity index (χ1) is 10.6. The highest BCUT2D eigenvalue weighted by Crippen LogP contribution is 2.19. The van der Waals surface area contributed by atoms with Gasteiger partial charge in [0.15, 0.2) is 0 Å². The number of nitrogens with zero attached hydrogens (tertiary/aromatic N) is 1. The lowest BCUT2D eigenvalue weighted by Gasteiger charge is -2.28. The Morgan fingerprint density at radius 3 is 2.73 bits per heavy atom. The summed E-state index contributed by atoms with van der Waals surface area (Å²) in [7, 11) is 0. The molecule has 0 saturated heterocycles. The van der Waals surface area contributed by atoms with Gasteiger partial charge in [-0.05, 0) is 29.7 Å². The maximum absolute atomic E-state index is 13.5. The van der Waals surface area contributed by atoms with Crippen LogP contribution < -0.4 is 5.32 Å². The maximum atomic E-state index is 13.5. The fourth-order valence-corrected chi connectivity index (χ4v) is 2.68. The van der Waals surface area contributed by atoms with Crippen LogP contribution in [0.4, 0.5) is 14.5 Å². The summed E-state index contributed by atoms with van der Waals surface area (Å²) in [5.74, 6) is -1.56. The topological polar surface area (TPSA) is 32.3 Å². The van der Waals surface area contributed by atoms with E-state index in [0.717, 1.165) is 31.2 Å². The number of carbonyl (C=O) groups excluding carboxylic acids is 1. The molecule has 1 aliphatic rings. The van der Waals surface area contributed by atoms with Crippen LogP contribution in [0.2, 0.25) is 0 Å². The number of halogens is 2. The Bertz CT molecular complexity index is 703. The summed E-state index contributed by atoms with van der Waals surface area (Å²) in [4.78, 5) is 14.0. The van der Waals surface area contributed by atoms with Crippen LogP contribution in [0.25, 0.3) is 0 Å². The van der Waals surface area contributed by atoms with Gasteiger partial charge in [0.25, 0.3) is 0 Å². The molecule has 0 fully saturated rings. The van der Waals surface area contributed by atoms with E-state index in [4.69, 9.17) is 0 Å². The Kier molecular flexibility index (Phi) is 4.15. The molecule has 1 aliphatic heterocycles. The number of hydrogen-bond acceptors (Lipinski definition) is 2. The van der Waals surface area contributed by atoms with E-state index in [1.807, 2.05) is 23.1 Å². The number of benzene rings is 2. The normalized spacial score (nSPS) is 14.5. The Labute approximate surface area is 127 Å². The lowest BCUT2D eigenvalue weighted by atomic mass is 10.00. The van der Waals surface area contributed by atoms with Crippen LogP contribution in [-0.2, 0) is 17.8 Å². The molecule has 0 atom stereocenters. The van der Waals surface area contributed by atoms with E-state index in [2.05, 4.69) is 11.4 Å². The van der Waals surface area contributed by atoms with Crippen molar-refractivity contribution in [3.8, 4) is 0 Å². The monoisotopic (exact) mass is 302 g/mol. The van der Waals surface area contributed by atoms with Crippen LogP contribution in [0.5, 0.6) is 0 Å². The third kappa shape index (κ3) is 3.31. The predicted molar refractivity (Wildman–Crippen MR) is 80.4 cm³/mol. The highest BCUT2D eigenvalue weighted by atomic mass is 19.1. The van der Waals surface area contributed by atoms with E-state index in [1.54, 1.807) is 0 Å². The number of hydrogen-bond donors (Lipinski definition) is 1. The number of rotatable bonds is 3. The number of amides is 1. The molecule has 1 amide bonds. The van der Waals surface area contributed by atoms with Crippen LogP contribution in [0.3, 0.4) is 0 Å². The van der Waals surface area contributed by atoms with Gasteiger partial charge in [0, 0.05) is 19.2 Å². The predicted octanol–water partition coefficient (Wildman–Crippen LogP) is 2.96. The zero-order valence-corrected chi connectivity index (χ0v) is 12.0. The average Bonchev–Trinajstić information content (AvgIpc) is 2.51. The van der Waals surface area contributed by atoms with Crippen molar-refractivity contribution in [1.82, 2.24) is 4.90 Å². The van der Waals surface area contributed by atoms with Crippen molar-refractivity contribution < 1.29 is 13.6 Å². The van der Waals surface area contributed by atoms with Gasteiger partial charge in [-0.15, -0.1) is 0 Å². The second-order valence-corrected chi connectivity index (χ2v) is 5.40. The Morgan fingerprint density at radius 1 is 1.14 bits per heavy atom. The van der Waals surface area contributed by atoms with Gasteiger partial charge < -0.3 is 5.32 Å². The van der Waals surface area contributed by atoms with Crippen molar-refractivity contribution in [3.05, 3.63) is 65.2 Å². The molecular weight excluding hydrogens is 286 g/mol. The first kappa shape index (κ1) is 14.7. The second kappa shape index (κ2) is 6.23. The minimum atomic E-state index is -0.640. The zero-order chi connectivity index (χ0) is 15.5. The average molecular weight is 302 g/mol. The van der Waals surface area contributed by atoms with Crippen LogP contribution in [-0.4, -0.2) is 23.9 Å². The second-order valence-electron chi connectivity index (χ2n) is 5.40. The zero-order valence-electron chi connectivity index (χ0n) is 12.0. The molecule has 1 N–H and O–H groups in total. The molecule has 0 bridgehead atoms. The molecule has 3 nitrogen and oxygen atoms in total. The summed E-state index contributed by atoms with van der Waals surface area (Å²) in [6, 6.07) is 11.1. The van der Waals surface area contributed by atoms with Gasteiger partial charge in [-0.25, -0.2) is 8.78 Å². The first-order valence-corrected chi connectivity index (χ1v) is 7.16. The van der Waals surface area contributed by atoms with E-state index in [1.165, 1.54) is 11.1 Å². The molecule has 0 saturated carbocycles. The summed E-state index contributed by atoms with van der Waals surface area (Å²) >= 11 is 0. The van der Waals surface area contributed by atoms with Gasteiger partial charge in [-0.1, -0.05) is 24.3 Å². The third-order valence-corrected chi connectivity index (χ3v) is 3.78. The number of carbonyl (C=O) groups is 1. The van der Waals surface area contributed by atoms with Crippen LogP contribution in [0.1, 0.15) is 11.1 Å². The van der Waals surface area contributed by atoms with Gasteiger partial charge in [0.2, 0.25) is 5.91 Å². The molecule has 2 aromatic carbocycles. The van der Waals surface area contributed by atoms with Crippen LogP contribution in [0.15, 0.2) is 42.5 Å².